The molecule has 0 spiro atoms. The maximum Gasteiger partial charge on any atom is 0.417 e. The van der Waals surface area contributed by atoms with Crippen molar-refractivity contribution in [3.05, 3.63) is 51.5 Å². The van der Waals surface area contributed by atoms with E-state index in [4.69, 9.17) is 11.6 Å². The van der Waals surface area contributed by atoms with Crippen molar-refractivity contribution < 1.29 is 40.3 Å². The summed E-state index contributed by atoms with van der Waals surface area (Å²) in [6.07, 6.45) is -9.08. The summed E-state index contributed by atoms with van der Waals surface area (Å²) in [4.78, 5) is 27.3. The van der Waals surface area contributed by atoms with E-state index in [-0.39, 0.29) is 35.0 Å². The number of hydrazine groups is 1. The number of halogens is 7. The van der Waals surface area contributed by atoms with Crippen molar-refractivity contribution in [2.45, 2.75) is 44.3 Å². The first-order valence-corrected chi connectivity index (χ1v) is 11.5. The van der Waals surface area contributed by atoms with Crippen molar-refractivity contribution in [3.63, 3.8) is 0 Å². The minimum atomic E-state index is -4.60. The minimum absolute atomic E-state index is 0.0488. The highest BCUT2D eigenvalue weighted by Gasteiger charge is 2.31. The molecule has 0 fully saturated rings. The lowest BCUT2D eigenvalue weighted by Crippen LogP contribution is -2.36. The Labute approximate surface area is 215 Å². The van der Waals surface area contributed by atoms with Gasteiger partial charge in [0.05, 0.1) is 18.5 Å². The monoisotopic (exact) mass is 572 g/mol. The van der Waals surface area contributed by atoms with Gasteiger partial charge in [-0.05, 0) is 18.1 Å². The zero-order chi connectivity index (χ0) is 28.5. The number of pyridine rings is 1. The third-order valence-corrected chi connectivity index (χ3v) is 5.56. The Hall–Kier alpha value is -3.54. The second-order valence-corrected chi connectivity index (χ2v) is 8.86. The fraction of sp³-hybridized carbons (Fsp3) is 0.450. The summed E-state index contributed by atoms with van der Waals surface area (Å²) in [7, 11) is 0. The number of carbonyl (C=O) groups is 2. The Morgan fingerprint density at radius 2 is 1.84 bits per heavy atom. The quantitative estimate of drug-likeness (QED) is 0.131. The van der Waals surface area contributed by atoms with Gasteiger partial charge in [0.15, 0.2) is 0 Å². The van der Waals surface area contributed by atoms with Gasteiger partial charge in [0.2, 0.25) is 5.01 Å². The van der Waals surface area contributed by atoms with E-state index in [9.17, 15) is 40.3 Å². The number of aryl methyl sites for hydroxylation is 1. The molecule has 0 aliphatic carbocycles. The highest BCUT2D eigenvalue weighted by molar-refractivity contribution is 7.13. The van der Waals surface area contributed by atoms with Crippen LogP contribution in [0, 0.1) is 0 Å². The molecule has 6 N–H and O–H groups in total. The Morgan fingerprint density at radius 1 is 1.13 bits per heavy atom. The zero-order valence-electron chi connectivity index (χ0n) is 19.4. The second-order valence-electron chi connectivity index (χ2n) is 7.80. The molecule has 10 nitrogen and oxygen atoms in total. The summed E-state index contributed by atoms with van der Waals surface area (Å²) in [5.41, 5.74) is 4.27. The van der Waals surface area contributed by atoms with Crippen LogP contribution in [-0.4, -0.2) is 57.4 Å². The molecule has 1 atom stereocenters. The second kappa shape index (κ2) is 13.3. The number of hydrogen-bond acceptors (Lipinski definition) is 9. The van der Waals surface area contributed by atoms with Crippen molar-refractivity contribution in [1.29, 1.82) is 0 Å². The average molecular weight is 573 g/mol. The van der Waals surface area contributed by atoms with Gasteiger partial charge in [-0.3, -0.25) is 14.6 Å². The molecule has 18 heteroatoms. The van der Waals surface area contributed by atoms with Gasteiger partial charge in [-0.2, -0.15) is 26.3 Å². The number of nitrogens with one attached hydrogen (secondary N) is 2. The van der Waals surface area contributed by atoms with Gasteiger partial charge in [-0.1, -0.05) is 11.3 Å². The number of alkyl halides is 7. The predicted octanol–water partition coefficient (Wildman–Crippen LogP) is 2.20. The molecular formula is C20H23F7N8O2S. The van der Waals surface area contributed by atoms with Gasteiger partial charge >= 0.3 is 12.4 Å². The van der Waals surface area contributed by atoms with E-state index in [1.807, 2.05) is 0 Å². The van der Waals surface area contributed by atoms with Crippen LogP contribution in [0.3, 0.4) is 0 Å². The normalized spacial score (nSPS) is 13.2. The van der Waals surface area contributed by atoms with E-state index in [0.29, 0.717) is 6.20 Å². The fourth-order valence-corrected chi connectivity index (χ4v) is 3.52. The highest BCUT2D eigenvalue weighted by atomic mass is 32.1. The van der Waals surface area contributed by atoms with E-state index in [2.05, 4.69) is 25.8 Å². The van der Waals surface area contributed by atoms with Crippen molar-refractivity contribution in [3.8, 4) is 0 Å². The molecular weight excluding hydrogens is 549 g/mol. The number of aromatic nitrogens is 3. The molecule has 0 bridgehead atoms. The molecule has 2 heterocycles. The summed E-state index contributed by atoms with van der Waals surface area (Å²) in [5, 5.41) is 12.6. The topological polar surface area (TPSA) is 152 Å². The lowest BCUT2D eigenvalue weighted by Gasteiger charge is -2.17. The number of nitrogens with zero attached hydrogens (tertiary/aromatic N) is 4. The first-order valence-electron chi connectivity index (χ1n) is 10.7. The van der Waals surface area contributed by atoms with Crippen molar-refractivity contribution in [2.75, 3.05) is 13.1 Å². The van der Waals surface area contributed by atoms with Crippen LogP contribution in [-0.2, 0) is 23.9 Å². The van der Waals surface area contributed by atoms with Crippen LogP contribution in [0.2, 0.25) is 0 Å². The lowest BCUT2D eigenvalue weighted by atomic mass is 10.2. The van der Waals surface area contributed by atoms with Crippen LogP contribution >= 0.6 is 11.3 Å². The van der Waals surface area contributed by atoms with Crippen LogP contribution in [0.25, 0.3) is 0 Å². The van der Waals surface area contributed by atoms with Gasteiger partial charge in [-0.25, -0.2) is 10.2 Å². The van der Waals surface area contributed by atoms with E-state index in [1.54, 1.807) is 0 Å². The van der Waals surface area contributed by atoms with Gasteiger partial charge < -0.3 is 21.4 Å². The number of carbonyl (C=O) groups excluding carboxylic acids is 2. The van der Waals surface area contributed by atoms with Crippen molar-refractivity contribution in [2.24, 2.45) is 11.6 Å². The summed E-state index contributed by atoms with van der Waals surface area (Å²) >= 11 is 0.801. The SMILES string of the molecule is N/C(=C\N(N)CC(F)CCc1nnc(C(=O)NCCC(F)(F)F)s1)C(=O)NCc1cncc(C(F)(F)F)c1. The minimum Gasteiger partial charge on any atom is -0.393 e. The average Bonchev–Trinajstić information content (AvgIpc) is 3.29. The van der Waals surface area contributed by atoms with E-state index < -0.39 is 61.1 Å². The summed E-state index contributed by atoms with van der Waals surface area (Å²) in [6, 6.07) is 0.817. The van der Waals surface area contributed by atoms with E-state index in [1.165, 1.54) is 0 Å². The first kappa shape index (κ1) is 30.7. The third-order valence-electron chi connectivity index (χ3n) is 4.58. The molecule has 2 rings (SSSR count). The van der Waals surface area contributed by atoms with Gasteiger partial charge in [-0.15, -0.1) is 10.2 Å². The van der Waals surface area contributed by atoms with Crippen LogP contribution < -0.4 is 22.2 Å². The summed E-state index contributed by atoms with van der Waals surface area (Å²) in [6.45, 7) is -1.31. The Balaban J connectivity index is 1.77. The molecule has 2 amide bonds. The molecule has 0 aliphatic heterocycles. The molecule has 0 saturated carbocycles. The number of nitrogens with two attached hydrogens (primary N) is 2. The van der Waals surface area contributed by atoms with Crippen LogP contribution in [0.1, 0.15) is 38.8 Å². The van der Waals surface area contributed by atoms with E-state index in [0.717, 1.165) is 34.8 Å². The first-order chi connectivity index (χ1) is 17.6. The van der Waals surface area contributed by atoms with Crippen molar-refractivity contribution >= 4 is 23.2 Å². The van der Waals surface area contributed by atoms with Gasteiger partial charge in [0, 0.05) is 38.1 Å². The molecule has 210 valence electrons. The largest absolute Gasteiger partial charge is 0.417 e. The highest BCUT2D eigenvalue weighted by Crippen LogP contribution is 2.28. The zero-order valence-corrected chi connectivity index (χ0v) is 20.3. The molecule has 0 aliphatic rings. The number of amides is 2. The fourth-order valence-electron chi connectivity index (χ4n) is 2.75. The van der Waals surface area contributed by atoms with Crippen molar-refractivity contribution in [1.82, 2.24) is 30.8 Å². The Kier molecular flexibility index (Phi) is 10.7. The molecule has 2 aromatic rings. The van der Waals surface area contributed by atoms with Crippen LogP contribution in [0.5, 0.6) is 0 Å². The maximum absolute atomic E-state index is 14.3. The lowest BCUT2D eigenvalue weighted by molar-refractivity contribution is -0.138. The Bertz CT molecular complexity index is 1120. The number of rotatable bonds is 12. The molecule has 1 unspecified atom stereocenters. The number of hydrogen-bond donors (Lipinski definition) is 4. The molecule has 0 saturated heterocycles. The molecule has 0 aromatic carbocycles. The summed E-state index contributed by atoms with van der Waals surface area (Å²) < 4.78 is 89.0. The van der Waals surface area contributed by atoms with Gasteiger partial charge in [0.1, 0.15) is 16.9 Å². The predicted molar refractivity (Wildman–Crippen MR) is 120 cm³/mol. The standard InChI is InChI=1S/C20H23F7N8O2S/c21-13(1-2-15-33-34-18(38-15)17(37)31-4-3-19(22,23)24)9-35(29)10-14(28)16(36)32-7-11-5-12(8-30-6-11)20(25,26)27/h5-6,8,10,13H,1-4,7,9,28-29H2,(H,31,37)(H,32,36)/b14-10-. The summed E-state index contributed by atoms with van der Waals surface area (Å²) in [5.74, 6) is 3.96. The van der Waals surface area contributed by atoms with Crippen LogP contribution in [0.15, 0.2) is 30.4 Å². The molecule has 38 heavy (non-hydrogen) atoms. The van der Waals surface area contributed by atoms with Crippen LogP contribution in [0.4, 0.5) is 30.7 Å². The van der Waals surface area contributed by atoms with Gasteiger partial charge in [0.25, 0.3) is 11.8 Å². The third kappa shape index (κ3) is 10.8. The smallest absolute Gasteiger partial charge is 0.393 e. The van der Waals surface area contributed by atoms with E-state index >= 15 is 0 Å². The maximum atomic E-state index is 14.3. The molecule has 0 radical (unpaired) electrons. The molecule has 2 aromatic heterocycles. The Morgan fingerprint density at radius 3 is 2.50 bits per heavy atom.